The first kappa shape index (κ1) is 19.3. The molecular formula is C18H19N3O7. The molecule has 2 aromatic rings. The summed E-state index contributed by atoms with van der Waals surface area (Å²) >= 11 is 0. The highest BCUT2D eigenvalue weighted by atomic mass is 16.5. The van der Waals surface area contributed by atoms with Gasteiger partial charge in [-0.1, -0.05) is 0 Å². The number of fused-ring (bicyclic) bond motifs is 2. The van der Waals surface area contributed by atoms with Gasteiger partial charge >= 0.3 is 17.9 Å². The summed E-state index contributed by atoms with van der Waals surface area (Å²) in [6.07, 6.45) is 0. The summed E-state index contributed by atoms with van der Waals surface area (Å²) in [6, 6.07) is 0. The summed E-state index contributed by atoms with van der Waals surface area (Å²) in [5, 5.41) is 3.99. The molecule has 28 heavy (non-hydrogen) atoms. The molecule has 1 aliphatic heterocycles. The molecule has 2 aromatic heterocycles. The molecule has 0 fully saturated rings. The Kier molecular flexibility index (Phi) is 4.80. The summed E-state index contributed by atoms with van der Waals surface area (Å²) in [6.45, 7) is 5.25. The lowest BCUT2D eigenvalue weighted by Gasteiger charge is -2.19. The minimum atomic E-state index is -0.861. The van der Waals surface area contributed by atoms with Crippen molar-refractivity contribution in [3.05, 3.63) is 39.5 Å². The molecule has 0 atom stereocenters. The smallest absolute Gasteiger partial charge is 0.359 e. The Morgan fingerprint density at radius 2 is 1.68 bits per heavy atom. The molecule has 1 aliphatic rings. The molecule has 0 unspecified atom stereocenters. The molecular weight excluding hydrogens is 370 g/mol. The number of nitrogens with zero attached hydrogens (tertiary/aromatic N) is 3. The molecule has 0 saturated carbocycles. The Morgan fingerprint density at radius 1 is 1.04 bits per heavy atom. The molecule has 0 saturated heterocycles. The topological polar surface area (TPSA) is 119 Å². The van der Waals surface area contributed by atoms with Crippen molar-refractivity contribution in [1.82, 2.24) is 14.3 Å². The monoisotopic (exact) mass is 389 g/mol. The molecule has 10 heteroatoms. The maximum absolute atomic E-state index is 13.1. The third kappa shape index (κ3) is 2.60. The molecule has 3 heterocycles. The third-order valence-electron chi connectivity index (χ3n) is 4.70. The van der Waals surface area contributed by atoms with E-state index in [4.69, 9.17) is 9.47 Å². The summed E-state index contributed by atoms with van der Waals surface area (Å²) in [7, 11) is 2.31. The van der Waals surface area contributed by atoms with Crippen LogP contribution in [-0.2, 0) is 20.8 Å². The van der Waals surface area contributed by atoms with Crippen molar-refractivity contribution in [1.29, 1.82) is 0 Å². The van der Waals surface area contributed by atoms with E-state index in [1.54, 1.807) is 25.3 Å². The number of methoxy groups -OCH3 is 2. The van der Waals surface area contributed by atoms with E-state index >= 15 is 0 Å². The van der Waals surface area contributed by atoms with Crippen molar-refractivity contribution in [3.63, 3.8) is 0 Å². The molecule has 0 aromatic carbocycles. The summed E-state index contributed by atoms with van der Waals surface area (Å²) in [4.78, 5) is 49.7. The Morgan fingerprint density at radius 3 is 2.25 bits per heavy atom. The second kappa shape index (κ2) is 6.95. The van der Waals surface area contributed by atoms with Crippen LogP contribution < -0.4 is 0 Å². The van der Waals surface area contributed by atoms with E-state index in [0.29, 0.717) is 16.8 Å². The summed E-state index contributed by atoms with van der Waals surface area (Å²) in [5.41, 5.74) is 1.23. The van der Waals surface area contributed by atoms with Gasteiger partial charge in [0.25, 0.3) is 5.91 Å². The maximum atomic E-state index is 13.1. The van der Waals surface area contributed by atoms with Crippen LogP contribution in [-0.4, -0.2) is 59.0 Å². The highest BCUT2D eigenvalue weighted by molar-refractivity contribution is 6.07. The standard InChI is InChI=1S/C18H19N3O7/c1-6-28-17(24)11-8(2)14-15(22)21-10(7-20(14)9(11)3)12(16(23)26-4)13(19-21)18(25)27-5/h6-7H2,1-5H3. The highest BCUT2D eigenvalue weighted by Gasteiger charge is 2.38. The molecule has 10 nitrogen and oxygen atoms in total. The predicted octanol–water partition coefficient (Wildman–Crippen LogP) is 1.10. The average molecular weight is 389 g/mol. The van der Waals surface area contributed by atoms with Crippen molar-refractivity contribution >= 4 is 23.8 Å². The van der Waals surface area contributed by atoms with Gasteiger partial charge in [0.1, 0.15) is 11.3 Å². The van der Waals surface area contributed by atoms with Gasteiger partial charge in [-0.15, -0.1) is 0 Å². The minimum Gasteiger partial charge on any atom is -0.465 e. The van der Waals surface area contributed by atoms with Crippen LogP contribution in [0, 0.1) is 13.8 Å². The summed E-state index contributed by atoms with van der Waals surface area (Å²) < 4.78 is 17.1. The molecule has 0 radical (unpaired) electrons. The zero-order valence-electron chi connectivity index (χ0n) is 16.1. The van der Waals surface area contributed by atoms with Crippen LogP contribution >= 0.6 is 0 Å². The first-order valence-electron chi connectivity index (χ1n) is 8.48. The highest BCUT2D eigenvalue weighted by Crippen LogP contribution is 2.31. The number of carbonyl (C=O) groups excluding carboxylic acids is 4. The lowest BCUT2D eigenvalue weighted by molar-refractivity contribution is 0.0523. The van der Waals surface area contributed by atoms with Gasteiger partial charge in [-0.2, -0.15) is 9.78 Å². The van der Waals surface area contributed by atoms with E-state index in [1.165, 1.54) is 0 Å². The lowest BCUT2D eigenvalue weighted by atomic mass is 10.1. The van der Waals surface area contributed by atoms with E-state index < -0.39 is 23.8 Å². The van der Waals surface area contributed by atoms with Crippen molar-refractivity contribution < 1.29 is 33.4 Å². The normalized spacial score (nSPS) is 12.2. The average Bonchev–Trinajstić information content (AvgIpc) is 3.17. The maximum Gasteiger partial charge on any atom is 0.359 e. The van der Waals surface area contributed by atoms with Crippen LogP contribution in [0.1, 0.15) is 65.6 Å². The number of esters is 3. The van der Waals surface area contributed by atoms with E-state index in [0.717, 1.165) is 18.9 Å². The van der Waals surface area contributed by atoms with Crippen molar-refractivity contribution in [3.8, 4) is 0 Å². The number of hydrogen-bond donors (Lipinski definition) is 0. The fourth-order valence-electron chi connectivity index (χ4n) is 3.45. The Balaban J connectivity index is 2.23. The Bertz CT molecular complexity index is 1030. The van der Waals surface area contributed by atoms with Crippen LogP contribution in [0.2, 0.25) is 0 Å². The zero-order chi connectivity index (χ0) is 20.7. The molecule has 3 rings (SSSR count). The predicted molar refractivity (Wildman–Crippen MR) is 93.6 cm³/mol. The van der Waals surface area contributed by atoms with Crippen LogP contribution in [0.25, 0.3) is 0 Å². The largest absolute Gasteiger partial charge is 0.465 e. The van der Waals surface area contributed by atoms with Crippen LogP contribution in [0.3, 0.4) is 0 Å². The first-order valence-corrected chi connectivity index (χ1v) is 8.48. The Labute approximate surface area is 160 Å². The number of carbonyl (C=O) groups is 4. The van der Waals surface area contributed by atoms with Gasteiger partial charge in [0.15, 0.2) is 5.69 Å². The molecule has 0 amide bonds. The molecule has 0 spiro atoms. The van der Waals surface area contributed by atoms with Gasteiger partial charge < -0.3 is 18.8 Å². The van der Waals surface area contributed by atoms with Crippen LogP contribution in [0.15, 0.2) is 0 Å². The second-order valence-electron chi connectivity index (χ2n) is 6.11. The lowest BCUT2D eigenvalue weighted by Crippen LogP contribution is -2.29. The van der Waals surface area contributed by atoms with Crippen molar-refractivity contribution in [2.45, 2.75) is 27.3 Å². The van der Waals surface area contributed by atoms with Gasteiger partial charge in [0.2, 0.25) is 0 Å². The SMILES string of the molecule is CCOC(=O)c1c(C)c2n(c1C)Cc1c(C(=O)OC)c(C(=O)OC)nn1C2=O. The fourth-order valence-corrected chi connectivity index (χ4v) is 3.45. The zero-order valence-corrected chi connectivity index (χ0v) is 16.1. The fraction of sp³-hybridized carbons (Fsp3) is 0.389. The third-order valence-corrected chi connectivity index (χ3v) is 4.70. The van der Waals surface area contributed by atoms with Gasteiger partial charge in [-0.3, -0.25) is 4.79 Å². The van der Waals surface area contributed by atoms with Crippen LogP contribution in [0.5, 0.6) is 0 Å². The number of ether oxygens (including phenoxy) is 3. The Hall–Kier alpha value is -3.43. The molecule has 0 N–H and O–H groups in total. The van der Waals surface area contributed by atoms with E-state index in [-0.39, 0.29) is 35.8 Å². The quantitative estimate of drug-likeness (QED) is 0.481. The van der Waals surface area contributed by atoms with E-state index in [1.807, 2.05) is 0 Å². The molecule has 0 bridgehead atoms. The van der Waals surface area contributed by atoms with Gasteiger partial charge in [0, 0.05) is 5.69 Å². The van der Waals surface area contributed by atoms with E-state index in [2.05, 4.69) is 9.84 Å². The van der Waals surface area contributed by atoms with Gasteiger partial charge in [-0.25, -0.2) is 14.4 Å². The number of rotatable bonds is 4. The first-order chi connectivity index (χ1) is 13.3. The van der Waals surface area contributed by atoms with Gasteiger partial charge in [0.05, 0.1) is 38.6 Å². The van der Waals surface area contributed by atoms with Gasteiger partial charge in [-0.05, 0) is 26.3 Å². The number of hydrogen-bond acceptors (Lipinski definition) is 8. The minimum absolute atomic E-state index is 0.0432. The second-order valence-corrected chi connectivity index (χ2v) is 6.11. The molecule has 0 aliphatic carbocycles. The summed E-state index contributed by atoms with van der Waals surface area (Å²) in [5.74, 6) is -2.78. The van der Waals surface area contributed by atoms with Crippen LogP contribution in [0.4, 0.5) is 0 Å². The van der Waals surface area contributed by atoms with E-state index in [9.17, 15) is 19.2 Å². The number of aromatic nitrogens is 3. The van der Waals surface area contributed by atoms with Crippen molar-refractivity contribution in [2.75, 3.05) is 20.8 Å². The molecule has 148 valence electrons. The van der Waals surface area contributed by atoms with Crippen molar-refractivity contribution in [2.24, 2.45) is 0 Å².